The number of benzene rings is 1. The number of urea groups is 1. The predicted octanol–water partition coefficient (Wildman–Crippen LogP) is 4.31. The first-order valence-corrected chi connectivity index (χ1v) is 11.8. The molecule has 2 heterocycles. The van der Waals surface area contributed by atoms with E-state index in [0.29, 0.717) is 17.9 Å². The zero-order valence-electron chi connectivity index (χ0n) is 17.6. The van der Waals surface area contributed by atoms with Crippen molar-refractivity contribution >= 4 is 11.6 Å². The molecule has 156 valence electrons. The van der Waals surface area contributed by atoms with E-state index in [1.807, 2.05) is 0 Å². The van der Waals surface area contributed by atoms with Crippen molar-refractivity contribution in [2.45, 2.75) is 57.4 Å². The topological polar surface area (TPSA) is 35.6 Å². The molecule has 29 heavy (non-hydrogen) atoms. The third kappa shape index (κ3) is 4.23. The molecular formula is C25H35N3O. The standard InChI is InChI=1S/C25H35N3O/c29-25(26-22-5-1-2-6-22)28-17-21-11-12-23(24(21)18-28)20-9-7-19(8-10-20)13-16-27-14-3-4-15-27/h7-10,12,21-22,24H,1-6,11,13-18H2,(H,26,29). The number of amides is 2. The van der Waals surface area contributed by atoms with E-state index >= 15 is 0 Å². The molecule has 2 aliphatic heterocycles. The molecule has 4 aliphatic rings. The van der Waals surface area contributed by atoms with E-state index in [2.05, 4.69) is 45.5 Å². The van der Waals surface area contributed by atoms with Gasteiger partial charge in [0.2, 0.25) is 0 Å². The minimum atomic E-state index is 0.169. The largest absolute Gasteiger partial charge is 0.335 e. The summed E-state index contributed by atoms with van der Waals surface area (Å²) in [4.78, 5) is 17.4. The fourth-order valence-corrected chi connectivity index (χ4v) is 5.88. The number of nitrogens with zero attached hydrogens (tertiary/aromatic N) is 2. The Kier molecular flexibility index (Phi) is 5.63. The molecule has 2 aliphatic carbocycles. The number of fused-ring (bicyclic) bond motifs is 1. The Morgan fingerprint density at radius 2 is 1.76 bits per heavy atom. The predicted molar refractivity (Wildman–Crippen MR) is 118 cm³/mol. The molecule has 1 aromatic rings. The molecule has 0 aromatic heterocycles. The highest BCUT2D eigenvalue weighted by molar-refractivity contribution is 5.77. The lowest BCUT2D eigenvalue weighted by molar-refractivity contribution is 0.202. The first-order valence-electron chi connectivity index (χ1n) is 11.8. The van der Waals surface area contributed by atoms with Crippen LogP contribution in [0.3, 0.4) is 0 Å². The highest BCUT2D eigenvalue weighted by atomic mass is 16.2. The van der Waals surface area contributed by atoms with Crippen LogP contribution in [0.25, 0.3) is 5.57 Å². The van der Waals surface area contributed by atoms with Gasteiger partial charge in [-0.2, -0.15) is 0 Å². The number of hydrogen-bond acceptors (Lipinski definition) is 2. The minimum absolute atomic E-state index is 0.169. The molecule has 2 amide bonds. The molecule has 0 radical (unpaired) electrons. The van der Waals surface area contributed by atoms with Crippen molar-refractivity contribution in [3.63, 3.8) is 0 Å². The first-order chi connectivity index (χ1) is 14.3. The Balaban J connectivity index is 1.17. The van der Waals surface area contributed by atoms with Crippen molar-refractivity contribution in [2.24, 2.45) is 11.8 Å². The zero-order valence-corrected chi connectivity index (χ0v) is 17.6. The quantitative estimate of drug-likeness (QED) is 0.809. The number of carbonyl (C=O) groups excluding carboxylic acids is 1. The van der Waals surface area contributed by atoms with Gasteiger partial charge in [-0.15, -0.1) is 0 Å². The summed E-state index contributed by atoms with van der Waals surface area (Å²) in [6.45, 7) is 5.54. The van der Waals surface area contributed by atoms with Crippen molar-refractivity contribution < 1.29 is 4.79 Å². The average molecular weight is 394 g/mol. The van der Waals surface area contributed by atoms with Crippen LogP contribution in [0.4, 0.5) is 4.79 Å². The van der Waals surface area contributed by atoms with Crippen molar-refractivity contribution in [1.29, 1.82) is 0 Å². The maximum absolute atomic E-state index is 12.7. The second kappa shape index (κ2) is 8.51. The van der Waals surface area contributed by atoms with Gasteiger partial charge in [-0.05, 0) is 74.2 Å². The number of hydrogen-bond donors (Lipinski definition) is 1. The fraction of sp³-hybridized carbons (Fsp3) is 0.640. The Bertz CT molecular complexity index is 744. The van der Waals surface area contributed by atoms with E-state index in [0.717, 1.165) is 38.8 Å². The smallest absolute Gasteiger partial charge is 0.317 e. The molecule has 5 rings (SSSR count). The van der Waals surface area contributed by atoms with Crippen molar-refractivity contribution in [3.8, 4) is 0 Å². The molecule has 2 saturated heterocycles. The first kappa shape index (κ1) is 19.2. The number of carbonyl (C=O) groups is 1. The van der Waals surface area contributed by atoms with Gasteiger partial charge in [-0.1, -0.05) is 43.2 Å². The van der Waals surface area contributed by atoms with Crippen LogP contribution in [0.15, 0.2) is 30.3 Å². The second-order valence-corrected chi connectivity index (χ2v) is 9.59. The number of likely N-dealkylation sites (tertiary alicyclic amines) is 2. The molecule has 2 unspecified atom stereocenters. The summed E-state index contributed by atoms with van der Waals surface area (Å²) in [5, 5.41) is 3.27. The summed E-state index contributed by atoms with van der Waals surface area (Å²) in [6, 6.07) is 9.84. The summed E-state index contributed by atoms with van der Waals surface area (Å²) < 4.78 is 0. The third-order valence-corrected chi connectivity index (χ3v) is 7.65. The molecule has 1 aromatic carbocycles. The summed E-state index contributed by atoms with van der Waals surface area (Å²) in [7, 11) is 0. The van der Waals surface area contributed by atoms with E-state index < -0.39 is 0 Å². The summed E-state index contributed by atoms with van der Waals surface area (Å²) in [5.41, 5.74) is 4.28. The number of nitrogens with one attached hydrogen (secondary N) is 1. The molecule has 0 spiro atoms. The third-order valence-electron chi connectivity index (χ3n) is 7.65. The molecule has 0 bridgehead atoms. The zero-order chi connectivity index (χ0) is 19.6. The monoisotopic (exact) mass is 393 g/mol. The lowest BCUT2D eigenvalue weighted by atomic mass is 9.90. The van der Waals surface area contributed by atoms with E-state index in [1.165, 1.54) is 62.0 Å². The summed E-state index contributed by atoms with van der Waals surface area (Å²) >= 11 is 0. The maximum atomic E-state index is 12.7. The van der Waals surface area contributed by atoms with Crippen LogP contribution in [-0.2, 0) is 6.42 Å². The normalized spacial score (nSPS) is 27.4. The highest BCUT2D eigenvalue weighted by Gasteiger charge is 2.40. The van der Waals surface area contributed by atoms with E-state index in [9.17, 15) is 4.79 Å². The van der Waals surface area contributed by atoms with Gasteiger partial charge in [0.25, 0.3) is 0 Å². The van der Waals surface area contributed by atoms with Gasteiger partial charge in [0.15, 0.2) is 0 Å². The SMILES string of the molecule is O=C(NC1CCCC1)N1CC2CC=C(c3ccc(CCN4CCCC4)cc3)C2C1. The Morgan fingerprint density at radius 1 is 1.00 bits per heavy atom. The van der Waals surface area contributed by atoms with Crippen LogP contribution in [0.5, 0.6) is 0 Å². The lowest BCUT2D eigenvalue weighted by Crippen LogP contribution is -2.43. The summed E-state index contributed by atoms with van der Waals surface area (Å²) in [5.74, 6) is 1.12. The van der Waals surface area contributed by atoms with Crippen molar-refractivity contribution in [1.82, 2.24) is 15.1 Å². The minimum Gasteiger partial charge on any atom is -0.335 e. The Labute approximate surface area is 175 Å². The lowest BCUT2D eigenvalue weighted by Gasteiger charge is -2.21. The van der Waals surface area contributed by atoms with Crippen molar-refractivity contribution in [2.75, 3.05) is 32.7 Å². The average Bonchev–Trinajstić information content (AvgIpc) is 3.51. The van der Waals surface area contributed by atoms with Gasteiger partial charge in [0.05, 0.1) is 0 Å². The van der Waals surface area contributed by atoms with Gasteiger partial charge in [0, 0.05) is 31.6 Å². The Morgan fingerprint density at radius 3 is 2.52 bits per heavy atom. The van der Waals surface area contributed by atoms with Crippen LogP contribution in [0, 0.1) is 11.8 Å². The molecule has 4 heteroatoms. The number of rotatable bonds is 5. The van der Waals surface area contributed by atoms with Crippen LogP contribution in [0.1, 0.15) is 56.1 Å². The second-order valence-electron chi connectivity index (χ2n) is 9.59. The van der Waals surface area contributed by atoms with E-state index in [1.54, 1.807) is 0 Å². The van der Waals surface area contributed by atoms with Crippen LogP contribution in [0.2, 0.25) is 0 Å². The molecular weight excluding hydrogens is 358 g/mol. The molecule has 3 fully saturated rings. The molecule has 2 atom stereocenters. The van der Waals surface area contributed by atoms with Gasteiger partial charge in [-0.3, -0.25) is 0 Å². The van der Waals surface area contributed by atoms with Crippen molar-refractivity contribution in [3.05, 3.63) is 41.5 Å². The molecule has 1 N–H and O–H groups in total. The van der Waals surface area contributed by atoms with E-state index in [4.69, 9.17) is 0 Å². The van der Waals surface area contributed by atoms with E-state index in [-0.39, 0.29) is 6.03 Å². The van der Waals surface area contributed by atoms with Gasteiger partial charge >= 0.3 is 6.03 Å². The highest BCUT2D eigenvalue weighted by Crippen LogP contribution is 2.43. The fourth-order valence-electron chi connectivity index (χ4n) is 5.88. The van der Waals surface area contributed by atoms with Crippen LogP contribution < -0.4 is 5.32 Å². The number of allylic oxidation sites excluding steroid dienone is 1. The van der Waals surface area contributed by atoms with Gasteiger partial charge in [0.1, 0.15) is 0 Å². The van der Waals surface area contributed by atoms with Gasteiger partial charge in [-0.25, -0.2) is 4.79 Å². The Hall–Kier alpha value is -1.81. The van der Waals surface area contributed by atoms with Crippen LogP contribution in [-0.4, -0.2) is 54.6 Å². The maximum Gasteiger partial charge on any atom is 0.317 e. The van der Waals surface area contributed by atoms with Gasteiger partial charge < -0.3 is 15.1 Å². The molecule has 4 nitrogen and oxygen atoms in total. The molecule has 1 saturated carbocycles. The summed E-state index contributed by atoms with van der Waals surface area (Å²) in [6.07, 6.45) is 12.3. The van der Waals surface area contributed by atoms with Crippen LogP contribution >= 0.6 is 0 Å².